The first kappa shape index (κ1) is 19.5. The summed E-state index contributed by atoms with van der Waals surface area (Å²) in [5, 5.41) is 14.5. The predicted octanol–water partition coefficient (Wildman–Crippen LogP) is 3.76. The van der Waals surface area contributed by atoms with Crippen molar-refractivity contribution in [1.29, 1.82) is 0 Å². The lowest BCUT2D eigenvalue weighted by atomic mass is 10.2. The molecular weight excluding hydrogens is 389 g/mol. The number of sulfonamides is 1. The zero-order chi connectivity index (χ0) is 18.8. The summed E-state index contributed by atoms with van der Waals surface area (Å²) >= 11 is 12.1. The van der Waals surface area contributed by atoms with Crippen LogP contribution in [-0.2, 0) is 16.6 Å². The number of nitrogens with one attached hydrogen (secondary N) is 1. The third kappa shape index (κ3) is 4.04. The third-order valence-corrected chi connectivity index (χ3v) is 6.09. The fourth-order valence-electron chi connectivity index (χ4n) is 2.21. The highest BCUT2D eigenvalue weighted by Gasteiger charge is 2.26. The van der Waals surface area contributed by atoms with Crippen molar-refractivity contribution in [2.45, 2.75) is 11.4 Å². The summed E-state index contributed by atoms with van der Waals surface area (Å²) in [4.78, 5) is 10.3. The van der Waals surface area contributed by atoms with Crippen molar-refractivity contribution < 1.29 is 13.3 Å². The molecule has 0 heterocycles. The van der Waals surface area contributed by atoms with E-state index < -0.39 is 14.9 Å². The van der Waals surface area contributed by atoms with Gasteiger partial charge in [0.2, 0.25) is 10.0 Å². The van der Waals surface area contributed by atoms with Crippen LogP contribution in [0.2, 0.25) is 10.0 Å². The molecule has 2 rings (SSSR count). The van der Waals surface area contributed by atoms with Crippen LogP contribution < -0.4 is 5.32 Å². The molecule has 0 spiro atoms. The van der Waals surface area contributed by atoms with E-state index in [0.717, 1.165) is 10.4 Å². The average Bonchev–Trinajstić information content (AvgIpc) is 2.57. The van der Waals surface area contributed by atoms with E-state index in [1.54, 1.807) is 18.2 Å². The van der Waals surface area contributed by atoms with E-state index in [2.05, 4.69) is 5.32 Å². The Labute approximate surface area is 155 Å². The summed E-state index contributed by atoms with van der Waals surface area (Å²) in [6.45, 7) is -0.0670. The largest absolute Gasteiger partial charge is 0.383 e. The first-order valence-corrected chi connectivity index (χ1v) is 9.23. The summed E-state index contributed by atoms with van der Waals surface area (Å²) < 4.78 is 26.5. The number of nitro benzene ring substituents is 1. The molecule has 0 aliphatic rings. The van der Waals surface area contributed by atoms with E-state index in [-0.39, 0.29) is 22.8 Å². The first-order chi connectivity index (χ1) is 11.7. The molecule has 1 N–H and O–H groups in total. The Hall–Kier alpha value is -1.87. The quantitative estimate of drug-likeness (QED) is 0.585. The number of hydrogen-bond donors (Lipinski definition) is 1. The van der Waals surface area contributed by atoms with Crippen molar-refractivity contribution in [3.63, 3.8) is 0 Å². The molecule has 0 unspecified atom stereocenters. The topological polar surface area (TPSA) is 92.6 Å². The number of nitro groups is 1. The lowest BCUT2D eigenvalue weighted by Gasteiger charge is -2.19. The molecule has 0 saturated carbocycles. The van der Waals surface area contributed by atoms with Gasteiger partial charge in [0.25, 0.3) is 5.69 Å². The lowest BCUT2D eigenvalue weighted by Crippen LogP contribution is -2.27. The monoisotopic (exact) mass is 403 g/mol. The van der Waals surface area contributed by atoms with E-state index >= 15 is 0 Å². The Morgan fingerprint density at radius 1 is 1.20 bits per heavy atom. The number of anilines is 1. The summed E-state index contributed by atoms with van der Waals surface area (Å²) in [7, 11) is -1.10. The maximum atomic E-state index is 12.7. The molecule has 0 fully saturated rings. The van der Waals surface area contributed by atoms with Gasteiger partial charge in [-0.2, -0.15) is 4.31 Å². The van der Waals surface area contributed by atoms with Gasteiger partial charge < -0.3 is 5.32 Å². The van der Waals surface area contributed by atoms with E-state index in [4.69, 9.17) is 23.2 Å². The molecule has 0 aliphatic heterocycles. The molecule has 134 valence electrons. The smallest absolute Gasteiger partial charge is 0.293 e. The van der Waals surface area contributed by atoms with Gasteiger partial charge in [-0.15, -0.1) is 0 Å². The molecule has 10 heteroatoms. The molecule has 25 heavy (non-hydrogen) atoms. The fourth-order valence-corrected chi connectivity index (χ4v) is 3.88. The summed E-state index contributed by atoms with van der Waals surface area (Å²) in [6, 6.07) is 8.54. The Kier molecular flexibility index (Phi) is 5.89. The van der Waals surface area contributed by atoms with E-state index in [9.17, 15) is 18.5 Å². The second kappa shape index (κ2) is 7.57. The normalized spacial score (nSPS) is 11.6. The molecule has 0 bridgehead atoms. The molecule has 7 nitrogen and oxygen atoms in total. The number of hydrogen-bond acceptors (Lipinski definition) is 5. The van der Waals surface area contributed by atoms with Crippen LogP contribution in [0.25, 0.3) is 0 Å². The molecule has 0 amide bonds. The van der Waals surface area contributed by atoms with Crippen molar-refractivity contribution in [3.05, 3.63) is 62.1 Å². The highest BCUT2D eigenvalue weighted by molar-refractivity contribution is 7.89. The molecule has 2 aromatic rings. The predicted molar refractivity (Wildman–Crippen MR) is 97.8 cm³/mol. The molecule has 0 atom stereocenters. The Morgan fingerprint density at radius 3 is 2.32 bits per heavy atom. The zero-order valence-corrected chi connectivity index (χ0v) is 15.7. The minimum atomic E-state index is -3.97. The van der Waals surface area contributed by atoms with Crippen molar-refractivity contribution in [2.24, 2.45) is 0 Å². The maximum Gasteiger partial charge on any atom is 0.293 e. The van der Waals surface area contributed by atoms with Gasteiger partial charge in [0.15, 0.2) is 0 Å². The van der Waals surface area contributed by atoms with E-state index in [1.807, 2.05) is 0 Å². The van der Waals surface area contributed by atoms with Crippen LogP contribution in [-0.4, -0.2) is 31.7 Å². The van der Waals surface area contributed by atoms with Crippen LogP contribution in [0.1, 0.15) is 5.56 Å². The molecule has 0 saturated heterocycles. The van der Waals surface area contributed by atoms with Gasteiger partial charge in [-0.25, -0.2) is 8.42 Å². The maximum absolute atomic E-state index is 12.7. The first-order valence-electron chi connectivity index (χ1n) is 7.04. The lowest BCUT2D eigenvalue weighted by molar-refractivity contribution is -0.384. The van der Waals surface area contributed by atoms with Crippen molar-refractivity contribution in [1.82, 2.24) is 4.31 Å². The van der Waals surface area contributed by atoms with Crippen LogP contribution >= 0.6 is 23.2 Å². The molecule has 2 aromatic carbocycles. The highest BCUT2D eigenvalue weighted by Crippen LogP contribution is 2.30. The van der Waals surface area contributed by atoms with E-state index in [1.165, 1.54) is 26.2 Å². The molecular formula is C15H15Cl2N3O4S. The zero-order valence-electron chi connectivity index (χ0n) is 13.4. The van der Waals surface area contributed by atoms with Crippen molar-refractivity contribution >= 4 is 44.6 Å². The van der Waals surface area contributed by atoms with Crippen LogP contribution in [0.3, 0.4) is 0 Å². The fraction of sp³-hybridized carbons (Fsp3) is 0.200. The van der Waals surface area contributed by atoms with Crippen molar-refractivity contribution in [2.75, 3.05) is 19.4 Å². The Bertz CT molecular complexity index is 899. The summed E-state index contributed by atoms with van der Waals surface area (Å²) in [5.74, 6) is 0. The van der Waals surface area contributed by atoms with Gasteiger partial charge in [0, 0.05) is 42.3 Å². The number of nitrogens with zero attached hydrogens (tertiary/aromatic N) is 2. The van der Waals surface area contributed by atoms with E-state index in [0.29, 0.717) is 15.6 Å². The second-order valence-corrected chi connectivity index (χ2v) is 8.01. The second-order valence-electron chi connectivity index (χ2n) is 5.15. The number of halogens is 2. The molecule has 0 aliphatic carbocycles. The SMILES string of the molecule is CNc1ccc(S(=O)(=O)N(C)Cc2c(Cl)cccc2Cl)cc1[N+](=O)[O-]. The summed E-state index contributed by atoms with van der Waals surface area (Å²) in [6.07, 6.45) is 0. The average molecular weight is 404 g/mol. The van der Waals surface area contributed by atoms with Crippen LogP contribution in [0.5, 0.6) is 0 Å². The Balaban J connectivity index is 2.41. The standard InChI is InChI=1S/C15H15Cl2N3O4S/c1-18-14-7-6-10(8-15(14)20(21)22)25(23,24)19(2)9-11-12(16)4-3-5-13(11)17/h3-8,18H,9H2,1-2H3. The number of benzene rings is 2. The molecule has 0 aromatic heterocycles. The summed E-state index contributed by atoms with van der Waals surface area (Å²) in [5.41, 5.74) is 0.353. The van der Waals surface area contributed by atoms with Gasteiger partial charge in [-0.3, -0.25) is 10.1 Å². The van der Waals surface area contributed by atoms with Crippen LogP contribution in [0.15, 0.2) is 41.3 Å². The minimum absolute atomic E-state index is 0.0670. The van der Waals surface area contributed by atoms with Crippen LogP contribution in [0.4, 0.5) is 11.4 Å². The van der Waals surface area contributed by atoms with Crippen LogP contribution in [0, 0.1) is 10.1 Å². The molecule has 0 radical (unpaired) electrons. The highest BCUT2D eigenvalue weighted by atomic mass is 35.5. The minimum Gasteiger partial charge on any atom is -0.383 e. The number of rotatable bonds is 6. The Morgan fingerprint density at radius 2 is 1.80 bits per heavy atom. The van der Waals surface area contributed by atoms with Gasteiger partial charge in [-0.1, -0.05) is 29.3 Å². The van der Waals surface area contributed by atoms with Gasteiger partial charge in [0.1, 0.15) is 5.69 Å². The van der Waals surface area contributed by atoms with Crippen molar-refractivity contribution in [3.8, 4) is 0 Å². The third-order valence-electron chi connectivity index (χ3n) is 3.59. The van der Waals surface area contributed by atoms with Gasteiger partial charge in [-0.05, 0) is 24.3 Å². The van der Waals surface area contributed by atoms with Gasteiger partial charge >= 0.3 is 0 Å². The van der Waals surface area contributed by atoms with Gasteiger partial charge in [0.05, 0.1) is 9.82 Å².